The van der Waals surface area contributed by atoms with Crippen LogP contribution in [-0.2, 0) is 6.54 Å². The van der Waals surface area contributed by atoms with Crippen LogP contribution in [0.4, 0.5) is 5.69 Å². The summed E-state index contributed by atoms with van der Waals surface area (Å²) in [6, 6.07) is 8.48. The number of hydrogen-bond donors (Lipinski definition) is 2. The topological polar surface area (TPSA) is 77.5 Å². The summed E-state index contributed by atoms with van der Waals surface area (Å²) in [6.45, 7) is 0.323. The molecule has 0 aliphatic carbocycles. The van der Waals surface area contributed by atoms with E-state index < -0.39 is 0 Å². The summed E-state index contributed by atoms with van der Waals surface area (Å²) in [5, 5.41) is 2.74. The van der Waals surface area contributed by atoms with E-state index in [2.05, 4.69) is 5.32 Å². The number of furan rings is 1. The van der Waals surface area contributed by atoms with Crippen molar-refractivity contribution in [3.05, 3.63) is 47.9 Å². The summed E-state index contributed by atoms with van der Waals surface area (Å²) in [7, 11) is 1.51. The molecule has 0 bridgehead atoms. The predicted molar refractivity (Wildman–Crippen MR) is 67.3 cm³/mol. The van der Waals surface area contributed by atoms with Crippen LogP contribution in [0.1, 0.15) is 16.1 Å². The maximum Gasteiger partial charge on any atom is 0.255 e. The normalized spacial score (nSPS) is 10.1. The fraction of sp³-hybridized carbons (Fsp3) is 0.154. The van der Waals surface area contributed by atoms with E-state index in [4.69, 9.17) is 14.9 Å². The first-order valence-electron chi connectivity index (χ1n) is 5.45. The van der Waals surface area contributed by atoms with Crippen LogP contribution in [0.15, 0.2) is 41.0 Å². The number of hydrogen-bond acceptors (Lipinski definition) is 4. The molecule has 1 aromatic heterocycles. The molecule has 0 aliphatic heterocycles. The minimum absolute atomic E-state index is 0.254. The lowest BCUT2D eigenvalue weighted by atomic mass is 10.1. The van der Waals surface area contributed by atoms with Gasteiger partial charge in [0.2, 0.25) is 0 Å². The van der Waals surface area contributed by atoms with Crippen LogP contribution in [0.2, 0.25) is 0 Å². The smallest absolute Gasteiger partial charge is 0.255 e. The molecule has 0 radical (unpaired) electrons. The van der Waals surface area contributed by atoms with Crippen LogP contribution < -0.4 is 15.8 Å². The Morgan fingerprint density at radius 1 is 1.44 bits per heavy atom. The van der Waals surface area contributed by atoms with Gasteiger partial charge in [0.1, 0.15) is 11.5 Å². The molecule has 3 N–H and O–H groups in total. The number of carbonyl (C=O) groups excluding carboxylic acids is 1. The number of anilines is 1. The van der Waals surface area contributed by atoms with E-state index in [0.29, 0.717) is 29.3 Å². The minimum atomic E-state index is -0.254. The highest BCUT2D eigenvalue weighted by Crippen LogP contribution is 2.20. The predicted octanol–water partition coefficient (Wildman–Crippen LogP) is 1.80. The number of carbonyl (C=O) groups is 1. The van der Waals surface area contributed by atoms with Gasteiger partial charge in [0.05, 0.1) is 25.5 Å². The second-order valence-electron chi connectivity index (χ2n) is 3.72. The number of amides is 1. The maximum absolute atomic E-state index is 12.0. The SMILES string of the molecule is COc1ccc(N)cc1C(=O)NCc1ccco1. The zero-order valence-corrected chi connectivity index (χ0v) is 9.97. The second kappa shape index (κ2) is 5.27. The van der Waals surface area contributed by atoms with Gasteiger partial charge in [-0.25, -0.2) is 0 Å². The highest BCUT2D eigenvalue weighted by atomic mass is 16.5. The zero-order chi connectivity index (χ0) is 13.0. The van der Waals surface area contributed by atoms with E-state index in [-0.39, 0.29) is 5.91 Å². The lowest BCUT2D eigenvalue weighted by molar-refractivity contribution is 0.0945. The molecular formula is C13H14N2O3. The van der Waals surface area contributed by atoms with Crippen molar-refractivity contribution in [3.63, 3.8) is 0 Å². The van der Waals surface area contributed by atoms with Gasteiger partial charge in [-0.15, -0.1) is 0 Å². The van der Waals surface area contributed by atoms with Gasteiger partial charge in [-0.2, -0.15) is 0 Å². The molecular weight excluding hydrogens is 232 g/mol. The van der Waals surface area contributed by atoms with Crippen LogP contribution in [-0.4, -0.2) is 13.0 Å². The van der Waals surface area contributed by atoms with Gasteiger partial charge in [0.25, 0.3) is 5.91 Å². The summed E-state index contributed by atoms with van der Waals surface area (Å²) < 4.78 is 10.2. The Hall–Kier alpha value is -2.43. The van der Waals surface area contributed by atoms with Gasteiger partial charge in [-0.1, -0.05) is 0 Å². The standard InChI is InChI=1S/C13H14N2O3/c1-17-12-5-4-9(14)7-11(12)13(16)15-8-10-3-2-6-18-10/h2-7H,8,14H2,1H3,(H,15,16). The highest BCUT2D eigenvalue weighted by molar-refractivity contribution is 5.97. The molecule has 0 atom stereocenters. The van der Waals surface area contributed by atoms with Crippen molar-refractivity contribution in [3.8, 4) is 5.75 Å². The van der Waals surface area contributed by atoms with Crippen molar-refractivity contribution in [1.82, 2.24) is 5.32 Å². The summed E-state index contributed by atoms with van der Waals surface area (Å²) in [5.41, 5.74) is 6.58. The zero-order valence-electron chi connectivity index (χ0n) is 9.97. The van der Waals surface area contributed by atoms with Crippen molar-refractivity contribution in [2.75, 3.05) is 12.8 Å². The molecule has 2 rings (SSSR count). The van der Waals surface area contributed by atoms with Gasteiger partial charge in [-0.3, -0.25) is 4.79 Å². The van der Waals surface area contributed by atoms with Gasteiger partial charge in [-0.05, 0) is 30.3 Å². The Balaban J connectivity index is 2.10. The number of methoxy groups -OCH3 is 1. The Morgan fingerprint density at radius 2 is 2.28 bits per heavy atom. The summed E-state index contributed by atoms with van der Waals surface area (Å²) in [4.78, 5) is 12.0. The average molecular weight is 246 g/mol. The van der Waals surface area contributed by atoms with E-state index in [0.717, 1.165) is 0 Å². The third-order valence-corrected chi connectivity index (χ3v) is 2.47. The fourth-order valence-corrected chi connectivity index (χ4v) is 1.58. The molecule has 1 heterocycles. The number of ether oxygens (including phenoxy) is 1. The Morgan fingerprint density at radius 3 is 2.94 bits per heavy atom. The average Bonchev–Trinajstić information content (AvgIpc) is 2.89. The Bertz CT molecular complexity index is 535. The highest BCUT2D eigenvalue weighted by Gasteiger charge is 2.12. The van der Waals surface area contributed by atoms with Crippen molar-refractivity contribution in [1.29, 1.82) is 0 Å². The van der Waals surface area contributed by atoms with Crippen molar-refractivity contribution in [2.45, 2.75) is 6.54 Å². The van der Waals surface area contributed by atoms with Crippen molar-refractivity contribution < 1.29 is 13.9 Å². The molecule has 0 saturated carbocycles. The fourth-order valence-electron chi connectivity index (χ4n) is 1.58. The Kier molecular flexibility index (Phi) is 3.52. The quantitative estimate of drug-likeness (QED) is 0.806. The van der Waals surface area contributed by atoms with E-state index >= 15 is 0 Å². The first kappa shape index (κ1) is 12.0. The minimum Gasteiger partial charge on any atom is -0.496 e. The van der Waals surface area contributed by atoms with Crippen LogP contribution in [0.3, 0.4) is 0 Å². The molecule has 2 aromatic rings. The third kappa shape index (κ3) is 2.63. The van der Waals surface area contributed by atoms with Crippen molar-refractivity contribution in [2.24, 2.45) is 0 Å². The first-order chi connectivity index (χ1) is 8.70. The van der Waals surface area contributed by atoms with Gasteiger partial charge < -0.3 is 20.2 Å². The summed E-state index contributed by atoms with van der Waals surface area (Å²) in [5.74, 6) is 0.919. The second-order valence-corrected chi connectivity index (χ2v) is 3.72. The lowest BCUT2D eigenvalue weighted by Gasteiger charge is -2.09. The number of nitrogen functional groups attached to an aromatic ring is 1. The molecule has 94 valence electrons. The monoisotopic (exact) mass is 246 g/mol. The van der Waals surface area contributed by atoms with Crippen molar-refractivity contribution >= 4 is 11.6 Å². The number of rotatable bonds is 4. The molecule has 0 spiro atoms. The summed E-state index contributed by atoms with van der Waals surface area (Å²) in [6.07, 6.45) is 1.56. The molecule has 5 nitrogen and oxygen atoms in total. The Labute approximate surface area is 105 Å². The number of nitrogens with two attached hydrogens (primary N) is 1. The van der Waals surface area contributed by atoms with Crippen LogP contribution in [0.5, 0.6) is 5.75 Å². The molecule has 1 aromatic carbocycles. The van der Waals surface area contributed by atoms with E-state index in [1.807, 2.05) is 0 Å². The van der Waals surface area contributed by atoms with Gasteiger partial charge in [0, 0.05) is 5.69 Å². The third-order valence-electron chi connectivity index (χ3n) is 2.47. The summed E-state index contributed by atoms with van der Waals surface area (Å²) >= 11 is 0. The van der Waals surface area contributed by atoms with E-state index in [1.54, 1.807) is 36.6 Å². The van der Waals surface area contributed by atoms with E-state index in [9.17, 15) is 4.79 Å². The van der Waals surface area contributed by atoms with Crippen LogP contribution in [0.25, 0.3) is 0 Å². The molecule has 5 heteroatoms. The molecule has 1 amide bonds. The first-order valence-corrected chi connectivity index (χ1v) is 5.45. The largest absolute Gasteiger partial charge is 0.496 e. The maximum atomic E-state index is 12.0. The van der Waals surface area contributed by atoms with Gasteiger partial charge in [0.15, 0.2) is 0 Å². The molecule has 0 unspecified atom stereocenters. The molecule has 18 heavy (non-hydrogen) atoms. The van der Waals surface area contributed by atoms with E-state index in [1.165, 1.54) is 7.11 Å². The number of benzene rings is 1. The lowest BCUT2D eigenvalue weighted by Crippen LogP contribution is -2.23. The molecule has 0 saturated heterocycles. The molecule has 0 fully saturated rings. The van der Waals surface area contributed by atoms with Crippen LogP contribution in [0, 0.1) is 0 Å². The van der Waals surface area contributed by atoms with Crippen LogP contribution >= 0.6 is 0 Å². The number of nitrogens with one attached hydrogen (secondary N) is 1. The van der Waals surface area contributed by atoms with Gasteiger partial charge >= 0.3 is 0 Å². The molecule has 0 aliphatic rings.